The Morgan fingerprint density at radius 1 is 1.50 bits per heavy atom. The van der Waals surface area contributed by atoms with Gasteiger partial charge in [0.2, 0.25) is 11.7 Å². The summed E-state index contributed by atoms with van der Waals surface area (Å²) in [5.41, 5.74) is 3.12. The molecule has 0 aromatic heterocycles. The van der Waals surface area contributed by atoms with E-state index < -0.39 is 11.7 Å². The monoisotopic (exact) mass is 402 g/mol. The van der Waals surface area contributed by atoms with Crippen LogP contribution in [0.5, 0.6) is 0 Å². The Bertz CT molecular complexity index is 902. The normalized spacial score (nSPS) is 32.2. The van der Waals surface area contributed by atoms with Crippen molar-refractivity contribution in [3.8, 4) is 6.07 Å². The fraction of sp³-hybridized carbons (Fsp3) is 0.524. The van der Waals surface area contributed by atoms with E-state index in [-0.39, 0.29) is 22.5 Å². The highest BCUT2D eigenvalue weighted by Crippen LogP contribution is 2.36. The number of hydrogen-bond acceptors (Lipinski definition) is 4. The number of thioether (sulfide) groups is 1. The number of nitro groups is 1. The fourth-order valence-corrected chi connectivity index (χ4v) is 4.74. The molecule has 1 aliphatic carbocycles. The first-order chi connectivity index (χ1) is 13.2. The summed E-state index contributed by atoms with van der Waals surface area (Å²) in [5, 5.41) is 13.5. The zero-order valence-corrected chi connectivity index (χ0v) is 17.4. The maximum Gasteiger partial charge on any atom is 0.322 e. The molecule has 148 valence electrons. The average Bonchev–Trinajstić information content (AvgIpc) is 2.63. The largest absolute Gasteiger partial charge is 0.322 e. The smallest absolute Gasteiger partial charge is 0.264 e. The SMILES string of the molecule is CC1=CC(CCC2C=NC(C3=C[N+]#C[C@@](C)(F)C3)=CS2)=C(C)C(C)C1[N+](=O)[O-]. The summed E-state index contributed by atoms with van der Waals surface area (Å²) in [6.45, 7) is 7.24. The third-order valence-corrected chi connectivity index (χ3v) is 6.63. The molecule has 0 fully saturated rings. The van der Waals surface area contributed by atoms with Gasteiger partial charge in [0, 0.05) is 34.3 Å². The van der Waals surface area contributed by atoms with Gasteiger partial charge in [0.1, 0.15) is 0 Å². The average molecular weight is 403 g/mol. The van der Waals surface area contributed by atoms with Crippen LogP contribution >= 0.6 is 11.8 Å². The van der Waals surface area contributed by atoms with Crippen molar-refractivity contribution in [2.24, 2.45) is 10.9 Å². The summed E-state index contributed by atoms with van der Waals surface area (Å²) < 4.78 is 14.1. The molecule has 3 aliphatic rings. The number of halogens is 1. The van der Waals surface area contributed by atoms with Crippen molar-refractivity contribution in [3.05, 3.63) is 60.6 Å². The third-order valence-electron chi connectivity index (χ3n) is 5.56. The second-order valence-corrected chi connectivity index (χ2v) is 8.99. The molecule has 0 N–H and O–H groups in total. The maximum absolute atomic E-state index is 14.1. The zero-order valence-electron chi connectivity index (χ0n) is 16.6. The molecule has 0 radical (unpaired) electrons. The molecule has 7 heteroatoms. The number of aliphatic imine (C=N–C) groups is 1. The Morgan fingerprint density at radius 3 is 2.86 bits per heavy atom. The Hall–Kier alpha value is -2.20. The van der Waals surface area contributed by atoms with E-state index in [1.807, 2.05) is 38.5 Å². The van der Waals surface area contributed by atoms with Gasteiger partial charge in [0.05, 0.1) is 11.3 Å². The summed E-state index contributed by atoms with van der Waals surface area (Å²) in [6, 6.07) is 1.84. The lowest BCUT2D eigenvalue weighted by molar-refractivity contribution is -0.519. The van der Waals surface area contributed by atoms with Crippen molar-refractivity contribution in [2.75, 3.05) is 0 Å². The number of nitrogens with zero attached hydrogens (tertiary/aromatic N) is 3. The maximum atomic E-state index is 14.1. The minimum absolute atomic E-state index is 0.0835. The van der Waals surface area contributed by atoms with Gasteiger partial charge in [-0.3, -0.25) is 15.1 Å². The number of alkyl halides is 1. The molecule has 28 heavy (non-hydrogen) atoms. The summed E-state index contributed by atoms with van der Waals surface area (Å²) in [4.78, 5) is 19.5. The lowest BCUT2D eigenvalue weighted by atomic mass is 9.80. The van der Waals surface area contributed by atoms with Crippen LogP contribution in [0.3, 0.4) is 0 Å². The molecule has 0 aromatic rings. The number of rotatable bonds is 5. The van der Waals surface area contributed by atoms with Crippen LogP contribution in [0, 0.1) is 22.1 Å². The van der Waals surface area contributed by atoms with Crippen LogP contribution in [0.25, 0.3) is 4.85 Å². The van der Waals surface area contributed by atoms with Gasteiger partial charge in [0.15, 0.2) is 0 Å². The number of hydrogen-bond donors (Lipinski definition) is 0. The predicted molar refractivity (Wildman–Crippen MR) is 113 cm³/mol. The van der Waals surface area contributed by atoms with Crippen LogP contribution in [0.15, 0.2) is 50.7 Å². The second-order valence-electron chi connectivity index (χ2n) is 7.88. The highest BCUT2D eigenvalue weighted by atomic mass is 32.2. The van der Waals surface area contributed by atoms with E-state index in [4.69, 9.17) is 0 Å². The molecular formula is C21H25FN3O2S+. The van der Waals surface area contributed by atoms with E-state index in [0.29, 0.717) is 0 Å². The first-order valence-corrected chi connectivity index (χ1v) is 10.4. The van der Waals surface area contributed by atoms with Crippen molar-refractivity contribution in [3.63, 3.8) is 0 Å². The summed E-state index contributed by atoms with van der Waals surface area (Å²) >= 11 is 1.67. The molecule has 3 unspecified atom stereocenters. The second kappa shape index (κ2) is 8.04. The molecule has 0 aromatic carbocycles. The Kier molecular flexibility index (Phi) is 5.90. The summed E-state index contributed by atoms with van der Waals surface area (Å²) in [5.74, 6) is -0.0835. The summed E-state index contributed by atoms with van der Waals surface area (Å²) in [7, 11) is 0. The van der Waals surface area contributed by atoms with E-state index in [2.05, 4.69) is 15.9 Å². The minimum atomic E-state index is -1.55. The van der Waals surface area contributed by atoms with Gasteiger partial charge in [-0.05, 0) is 49.4 Å². The van der Waals surface area contributed by atoms with Gasteiger partial charge in [-0.15, -0.1) is 11.8 Å². The molecule has 3 rings (SSSR count). The number of allylic oxidation sites excluding steroid dienone is 3. The lowest BCUT2D eigenvalue weighted by Crippen LogP contribution is -2.32. The predicted octanol–water partition coefficient (Wildman–Crippen LogP) is 5.70. The van der Waals surface area contributed by atoms with E-state index in [0.717, 1.165) is 35.3 Å². The van der Waals surface area contributed by atoms with Gasteiger partial charge in [0.25, 0.3) is 0 Å². The van der Waals surface area contributed by atoms with Gasteiger partial charge >= 0.3 is 12.3 Å². The standard InChI is InChI=1S/C21H25FN3O2S/c1-13-7-16(14(2)15(3)20(13)25(26)27)5-6-18-10-24-19(11-28-18)17-8-21(4,22)12-23-9-17/h7,9-11,15,18,20H,5-6,8H2,1-4H3/q+1/t15?,18?,20?,21-/m0/s1. The fourth-order valence-electron chi connectivity index (χ4n) is 3.84. The molecule has 0 amide bonds. The van der Waals surface area contributed by atoms with E-state index in [9.17, 15) is 14.5 Å². The lowest BCUT2D eigenvalue weighted by Gasteiger charge is -2.26. The molecule has 2 aliphatic heterocycles. The van der Waals surface area contributed by atoms with Crippen LogP contribution in [-0.4, -0.2) is 28.1 Å². The molecule has 2 heterocycles. The molecule has 4 atom stereocenters. The first kappa shape index (κ1) is 20.5. The Morgan fingerprint density at radius 2 is 2.25 bits per heavy atom. The molecule has 5 nitrogen and oxygen atoms in total. The van der Waals surface area contributed by atoms with Crippen LogP contribution in [0.2, 0.25) is 0 Å². The van der Waals surface area contributed by atoms with Crippen LogP contribution < -0.4 is 0 Å². The highest BCUT2D eigenvalue weighted by Gasteiger charge is 2.36. The minimum Gasteiger partial charge on any atom is -0.264 e. The van der Waals surface area contributed by atoms with Crippen LogP contribution in [0.4, 0.5) is 4.39 Å². The third kappa shape index (κ3) is 4.44. The van der Waals surface area contributed by atoms with Crippen molar-refractivity contribution in [1.29, 1.82) is 0 Å². The van der Waals surface area contributed by atoms with E-state index in [1.165, 1.54) is 12.5 Å². The van der Waals surface area contributed by atoms with Crippen LogP contribution in [-0.2, 0) is 0 Å². The molecule has 0 saturated carbocycles. The van der Waals surface area contributed by atoms with Gasteiger partial charge in [-0.25, -0.2) is 4.39 Å². The van der Waals surface area contributed by atoms with Gasteiger partial charge in [-0.1, -0.05) is 18.6 Å². The molecule has 0 spiro atoms. The first-order valence-electron chi connectivity index (χ1n) is 9.44. The van der Waals surface area contributed by atoms with Crippen molar-refractivity contribution >= 4 is 18.0 Å². The summed E-state index contributed by atoms with van der Waals surface area (Å²) in [6.07, 6.45) is 7.51. The molecular weight excluding hydrogens is 377 g/mol. The quantitative estimate of drug-likeness (QED) is 0.438. The van der Waals surface area contributed by atoms with Crippen molar-refractivity contribution in [2.45, 2.75) is 63.9 Å². The van der Waals surface area contributed by atoms with Gasteiger partial charge in [-0.2, -0.15) is 0 Å². The zero-order chi connectivity index (χ0) is 20.5. The topological polar surface area (TPSA) is 59.9 Å². The van der Waals surface area contributed by atoms with Crippen LogP contribution in [0.1, 0.15) is 47.0 Å². The van der Waals surface area contributed by atoms with Crippen molar-refractivity contribution < 1.29 is 9.31 Å². The Balaban J connectivity index is 1.60. The van der Waals surface area contributed by atoms with E-state index in [1.54, 1.807) is 18.0 Å². The molecule has 0 bridgehead atoms. The van der Waals surface area contributed by atoms with E-state index >= 15 is 0 Å². The van der Waals surface area contributed by atoms with Gasteiger partial charge < -0.3 is 0 Å². The molecule has 0 saturated heterocycles. The van der Waals surface area contributed by atoms with Crippen molar-refractivity contribution in [1.82, 2.24) is 0 Å². The highest BCUT2D eigenvalue weighted by molar-refractivity contribution is 8.03. The Labute approximate surface area is 169 Å².